The van der Waals surface area contributed by atoms with Gasteiger partial charge >= 0.3 is 0 Å². The molecule has 1 aromatic carbocycles. The van der Waals surface area contributed by atoms with Gasteiger partial charge in [0, 0.05) is 5.69 Å². The molecule has 0 atom stereocenters. The Morgan fingerprint density at radius 3 is 2.87 bits per heavy atom. The fourth-order valence-electron chi connectivity index (χ4n) is 1.79. The summed E-state index contributed by atoms with van der Waals surface area (Å²) in [7, 11) is 1.58. The number of hydrogen-bond acceptors (Lipinski definition) is 7. The molecule has 0 fully saturated rings. The van der Waals surface area contributed by atoms with E-state index in [9.17, 15) is 9.59 Å². The van der Waals surface area contributed by atoms with Crippen LogP contribution in [-0.2, 0) is 4.79 Å². The van der Waals surface area contributed by atoms with Gasteiger partial charge in [0.15, 0.2) is 0 Å². The van der Waals surface area contributed by atoms with Crippen molar-refractivity contribution in [3.8, 4) is 5.75 Å². The molecule has 2 heterocycles. The van der Waals surface area contributed by atoms with Crippen molar-refractivity contribution in [1.29, 1.82) is 0 Å². The van der Waals surface area contributed by atoms with Crippen molar-refractivity contribution in [2.75, 3.05) is 18.2 Å². The van der Waals surface area contributed by atoms with Gasteiger partial charge in [0.1, 0.15) is 11.9 Å². The van der Waals surface area contributed by atoms with Gasteiger partial charge in [-0.1, -0.05) is 11.8 Å². The minimum absolute atomic E-state index is 0.133. The second kappa shape index (κ2) is 6.48. The highest BCUT2D eigenvalue weighted by Gasteiger charge is 2.11. The zero-order chi connectivity index (χ0) is 16.2. The first kappa shape index (κ1) is 15.0. The summed E-state index contributed by atoms with van der Waals surface area (Å²) in [6.07, 6.45) is 1.12. The third kappa shape index (κ3) is 3.48. The van der Waals surface area contributed by atoms with E-state index in [4.69, 9.17) is 4.74 Å². The number of fused-ring (bicyclic) bond motifs is 1. The Balaban J connectivity index is 1.62. The van der Waals surface area contributed by atoms with Gasteiger partial charge in [0.25, 0.3) is 11.3 Å². The lowest BCUT2D eigenvalue weighted by atomic mass is 10.3. The Morgan fingerprint density at radius 1 is 1.35 bits per heavy atom. The van der Waals surface area contributed by atoms with Crippen molar-refractivity contribution in [3.63, 3.8) is 0 Å². The van der Waals surface area contributed by atoms with Crippen molar-refractivity contribution in [2.45, 2.75) is 5.16 Å². The quantitative estimate of drug-likeness (QED) is 0.656. The number of thioether (sulfide) groups is 1. The minimum Gasteiger partial charge on any atom is -0.497 e. The molecule has 0 spiro atoms. The van der Waals surface area contributed by atoms with Gasteiger partial charge in [0.05, 0.1) is 12.9 Å². The molecule has 3 aromatic rings. The molecular weight excluding hydrogens is 320 g/mol. The van der Waals surface area contributed by atoms with Crippen LogP contribution in [0.5, 0.6) is 5.75 Å². The molecule has 0 saturated carbocycles. The molecule has 9 nitrogen and oxygen atoms in total. The second-order valence-electron chi connectivity index (χ2n) is 4.42. The smallest absolute Gasteiger partial charge is 0.271 e. The zero-order valence-electron chi connectivity index (χ0n) is 12.0. The van der Waals surface area contributed by atoms with E-state index < -0.39 is 0 Å². The summed E-state index contributed by atoms with van der Waals surface area (Å²) in [5, 5.41) is 14.8. The van der Waals surface area contributed by atoms with Crippen LogP contribution in [-0.4, -0.2) is 43.6 Å². The summed E-state index contributed by atoms with van der Waals surface area (Å²) in [5.41, 5.74) is 0.309. The molecule has 0 aliphatic heterocycles. The number of ether oxygens (including phenoxy) is 1. The summed E-state index contributed by atoms with van der Waals surface area (Å²) >= 11 is 1.17. The number of hydrogen-bond donors (Lipinski definition) is 2. The van der Waals surface area contributed by atoms with Crippen LogP contribution in [0.3, 0.4) is 0 Å². The average Bonchev–Trinajstić information content (AvgIpc) is 2.95. The molecule has 2 N–H and O–H groups in total. The van der Waals surface area contributed by atoms with Gasteiger partial charge in [-0.3, -0.25) is 14.6 Å². The Kier molecular flexibility index (Phi) is 4.24. The topological polar surface area (TPSA) is 114 Å². The van der Waals surface area contributed by atoms with Crippen LogP contribution < -0.4 is 15.6 Å². The van der Waals surface area contributed by atoms with E-state index in [-0.39, 0.29) is 23.0 Å². The molecule has 0 radical (unpaired) electrons. The lowest BCUT2D eigenvalue weighted by Crippen LogP contribution is -2.14. The van der Waals surface area contributed by atoms with Gasteiger partial charge < -0.3 is 10.1 Å². The Labute approximate surface area is 134 Å². The van der Waals surface area contributed by atoms with Crippen molar-refractivity contribution >= 4 is 29.1 Å². The monoisotopic (exact) mass is 332 g/mol. The second-order valence-corrected chi connectivity index (χ2v) is 5.36. The normalized spacial score (nSPS) is 10.7. The standard InChI is InChI=1S/C13H12N6O3S/c1-22-9-4-2-8(3-5-9)15-11(21)7-23-13-18-17-12-16-10(20)6-14-19(12)13/h2-6H,7H2,1H3,(H,15,21)(H,16,17,20). The summed E-state index contributed by atoms with van der Waals surface area (Å²) in [6.45, 7) is 0. The van der Waals surface area contributed by atoms with Crippen LogP contribution in [0, 0.1) is 0 Å². The van der Waals surface area contributed by atoms with Gasteiger partial charge in [-0.05, 0) is 24.3 Å². The lowest BCUT2D eigenvalue weighted by Gasteiger charge is -2.05. The van der Waals surface area contributed by atoms with E-state index >= 15 is 0 Å². The number of amides is 1. The SMILES string of the molecule is COc1ccc(NC(=O)CSc2nnc3[nH]c(=O)cnn23)cc1. The third-order valence-electron chi connectivity index (χ3n) is 2.84. The van der Waals surface area contributed by atoms with Crippen molar-refractivity contribution < 1.29 is 9.53 Å². The predicted molar refractivity (Wildman–Crippen MR) is 83.8 cm³/mol. The van der Waals surface area contributed by atoms with E-state index in [0.717, 1.165) is 6.20 Å². The van der Waals surface area contributed by atoms with Crippen LogP contribution in [0.15, 0.2) is 40.4 Å². The first-order chi connectivity index (χ1) is 11.2. The molecular formula is C13H12N6O3S. The maximum absolute atomic E-state index is 12.0. The molecule has 0 bridgehead atoms. The third-order valence-corrected chi connectivity index (χ3v) is 3.76. The molecule has 0 aliphatic carbocycles. The maximum Gasteiger partial charge on any atom is 0.271 e. The largest absolute Gasteiger partial charge is 0.497 e. The Morgan fingerprint density at radius 2 is 2.13 bits per heavy atom. The highest BCUT2D eigenvalue weighted by Crippen LogP contribution is 2.17. The zero-order valence-corrected chi connectivity index (χ0v) is 12.8. The summed E-state index contributed by atoms with van der Waals surface area (Å²) in [6, 6.07) is 7.02. The Hall–Kier alpha value is -2.88. The number of anilines is 1. The van der Waals surface area contributed by atoms with Gasteiger partial charge in [-0.2, -0.15) is 9.61 Å². The molecule has 3 rings (SSSR count). The first-order valence-corrected chi connectivity index (χ1v) is 7.52. The molecule has 0 unspecified atom stereocenters. The number of aromatic nitrogens is 5. The summed E-state index contributed by atoms with van der Waals surface area (Å²) < 4.78 is 6.42. The van der Waals surface area contributed by atoms with Crippen LogP contribution in [0.2, 0.25) is 0 Å². The van der Waals surface area contributed by atoms with Crippen LogP contribution in [0.4, 0.5) is 5.69 Å². The molecule has 0 aliphatic rings. The number of carbonyl (C=O) groups is 1. The van der Waals surface area contributed by atoms with E-state index in [1.54, 1.807) is 31.4 Å². The number of carbonyl (C=O) groups excluding carboxylic acids is 1. The van der Waals surface area contributed by atoms with Crippen LogP contribution >= 0.6 is 11.8 Å². The predicted octanol–water partition coefficient (Wildman–Crippen LogP) is 0.552. The number of rotatable bonds is 5. The van der Waals surface area contributed by atoms with Crippen LogP contribution in [0.1, 0.15) is 0 Å². The highest BCUT2D eigenvalue weighted by atomic mass is 32.2. The molecule has 1 amide bonds. The van der Waals surface area contributed by atoms with Crippen molar-refractivity contribution in [2.24, 2.45) is 0 Å². The molecule has 0 saturated heterocycles. The number of aromatic amines is 1. The number of nitrogens with one attached hydrogen (secondary N) is 2. The summed E-state index contributed by atoms with van der Waals surface area (Å²) in [4.78, 5) is 25.6. The fourth-order valence-corrected chi connectivity index (χ4v) is 2.48. The maximum atomic E-state index is 12.0. The number of H-pyrrole nitrogens is 1. The minimum atomic E-state index is -0.362. The first-order valence-electron chi connectivity index (χ1n) is 6.53. The van der Waals surface area contributed by atoms with Gasteiger partial charge in [0.2, 0.25) is 11.1 Å². The molecule has 23 heavy (non-hydrogen) atoms. The average molecular weight is 332 g/mol. The number of benzene rings is 1. The van der Waals surface area contributed by atoms with Crippen LogP contribution in [0.25, 0.3) is 5.78 Å². The van der Waals surface area contributed by atoms with Gasteiger partial charge in [-0.25, -0.2) is 0 Å². The molecule has 118 valence electrons. The fraction of sp³-hybridized carbons (Fsp3) is 0.154. The van der Waals surface area contributed by atoms with E-state index in [1.165, 1.54) is 16.3 Å². The Bertz CT molecular complexity index is 889. The van der Waals surface area contributed by atoms with Crippen molar-refractivity contribution in [1.82, 2.24) is 24.8 Å². The molecule has 10 heteroatoms. The highest BCUT2D eigenvalue weighted by molar-refractivity contribution is 7.99. The lowest BCUT2D eigenvalue weighted by molar-refractivity contribution is -0.113. The van der Waals surface area contributed by atoms with E-state index in [1.807, 2.05) is 0 Å². The number of methoxy groups -OCH3 is 1. The summed E-state index contributed by atoms with van der Waals surface area (Å²) in [5.74, 6) is 0.887. The van der Waals surface area contributed by atoms with Gasteiger partial charge in [-0.15, -0.1) is 10.2 Å². The molecule has 2 aromatic heterocycles. The number of nitrogens with zero attached hydrogens (tertiary/aromatic N) is 4. The van der Waals surface area contributed by atoms with Crippen molar-refractivity contribution in [3.05, 3.63) is 40.8 Å². The van der Waals surface area contributed by atoms with E-state index in [2.05, 4.69) is 25.6 Å². The van der Waals surface area contributed by atoms with E-state index in [0.29, 0.717) is 16.6 Å².